The molecule has 1 aromatic carbocycles. The van der Waals surface area contributed by atoms with Gasteiger partial charge in [-0.25, -0.2) is 4.79 Å². The number of hydrogen-bond acceptors (Lipinski definition) is 2. The van der Waals surface area contributed by atoms with Crippen molar-refractivity contribution in [1.82, 2.24) is 9.88 Å². The highest BCUT2D eigenvalue weighted by Crippen LogP contribution is 2.35. The Balaban J connectivity index is 2.05. The molecule has 5 heteroatoms. The zero-order chi connectivity index (χ0) is 15.0. The molecule has 21 heavy (non-hydrogen) atoms. The van der Waals surface area contributed by atoms with Gasteiger partial charge in [-0.1, -0.05) is 13.0 Å². The number of nitrogens with zero attached hydrogens (tertiary/aromatic N) is 1. The van der Waals surface area contributed by atoms with E-state index in [1.807, 2.05) is 25.1 Å². The summed E-state index contributed by atoms with van der Waals surface area (Å²) in [6.07, 6.45) is 3.47. The van der Waals surface area contributed by atoms with Gasteiger partial charge < -0.3 is 15.0 Å². The van der Waals surface area contributed by atoms with Gasteiger partial charge >= 0.3 is 5.97 Å². The van der Waals surface area contributed by atoms with Crippen molar-refractivity contribution in [2.75, 3.05) is 6.54 Å². The van der Waals surface area contributed by atoms with Gasteiger partial charge in [-0.05, 0) is 37.5 Å². The number of carbonyl (C=O) groups is 2. The monoisotopic (exact) mass is 286 g/mol. The molecule has 0 spiro atoms. The highest BCUT2D eigenvalue weighted by atomic mass is 16.4. The van der Waals surface area contributed by atoms with Crippen molar-refractivity contribution in [3.05, 3.63) is 36.0 Å². The Bertz CT molecular complexity index is 706. The first-order valence-corrected chi connectivity index (χ1v) is 7.21. The molecular weight excluding hydrogens is 268 g/mol. The maximum atomic E-state index is 12.9. The SMILES string of the molecule is CCC1(C(=O)O)CCCN1C(=O)c1cccc2[nH]ccc12. The number of aromatic nitrogens is 1. The molecule has 1 fully saturated rings. The lowest BCUT2D eigenvalue weighted by Gasteiger charge is -2.34. The predicted octanol–water partition coefficient (Wildman–Crippen LogP) is 2.64. The molecule has 0 bridgehead atoms. The Morgan fingerprint density at radius 2 is 2.19 bits per heavy atom. The standard InChI is InChI=1S/C16H18N2O3/c1-2-16(15(20)21)8-4-10-18(16)14(19)12-5-3-6-13-11(12)7-9-17-13/h3,5-7,9,17H,2,4,8,10H2,1H3,(H,20,21). The number of carbonyl (C=O) groups excluding carboxylic acids is 1. The molecule has 0 radical (unpaired) electrons. The molecule has 2 aromatic rings. The van der Waals surface area contributed by atoms with E-state index in [0.29, 0.717) is 24.9 Å². The zero-order valence-corrected chi connectivity index (χ0v) is 11.9. The fraction of sp³-hybridized carbons (Fsp3) is 0.375. The topological polar surface area (TPSA) is 73.4 Å². The van der Waals surface area contributed by atoms with Crippen LogP contribution in [-0.2, 0) is 4.79 Å². The molecular formula is C16H18N2O3. The number of H-pyrrole nitrogens is 1. The van der Waals surface area contributed by atoms with Crippen molar-refractivity contribution in [3.63, 3.8) is 0 Å². The van der Waals surface area contributed by atoms with E-state index in [2.05, 4.69) is 4.98 Å². The van der Waals surface area contributed by atoms with Gasteiger partial charge in [0.2, 0.25) is 0 Å². The minimum atomic E-state index is -1.06. The van der Waals surface area contributed by atoms with Gasteiger partial charge in [0.25, 0.3) is 5.91 Å². The summed E-state index contributed by atoms with van der Waals surface area (Å²) in [5.41, 5.74) is 0.391. The second kappa shape index (κ2) is 4.91. The number of likely N-dealkylation sites (tertiary alicyclic amines) is 1. The van der Waals surface area contributed by atoms with Crippen LogP contribution in [0.5, 0.6) is 0 Å². The number of carboxylic acid groups (broad SMARTS) is 1. The number of aromatic amines is 1. The van der Waals surface area contributed by atoms with E-state index in [4.69, 9.17) is 0 Å². The summed E-state index contributed by atoms with van der Waals surface area (Å²) in [5, 5.41) is 10.4. The van der Waals surface area contributed by atoms with Crippen LogP contribution in [0.25, 0.3) is 10.9 Å². The number of nitrogens with one attached hydrogen (secondary N) is 1. The van der Waals surface area contributed by atoms with Crippen molar-refractivity contribution >= 4 is 22.8 Å². The van der Waals surface area contributed by atoms with Crippen LogP contribution in [0, 0.1) is 0 Å². The first-order chi connectivity index (χ1) is 10.1. The normalized spacial score (nSPS) is 21.9. The Hall–Kier alpha value is -2.30. The summed E-state index contributed by atoms with van der Waals surface area (Å²) in [5.74, 6) is -1.10. The molecule has 1 unspecified atom stereocenters. The molecule has 1 aromatic heterocycles. The van der Waals surface area contributed by atoms with Gasteiger partial charge in [0, 0.05) is 29.2 Å². The fourth-order valence-electron chi connectivity index (χ4n) is 3.33. The van der Waals surface area contributed by atoms with Crippen LogP contribution in [0.4, 0.5) is 0 Å². The summed E-state index contributed by atoms with van der Waals surface area (Å²) in [6, 6.07) is 7.34. The minimum Gasteiger partial charge on any atom is -0.479 e. The zero-order valence-electron chi connectivity index (χ0n) is 11.9. The summed E-state index contributed by atoms with van der Waals surface area (Å²) in [4.78, 5) is 29.2. The third-order valence-electron chi connectivity index (χ3n) is 4.54. The van der Waals surface area contributed by atoms with Gasteiger partial charge in [-0.15, -0.1) is 0 Å². The van der Waals surface area contributed by atoms with Gasteiger partial charge in [0.05, 0.1) is 0 Å². The molecule has 1 aliphatic heterocycles. The summed E-state index contributed by atoms with van der Waals surface area (Å²) in [7, 11) is 0. The lowest BCUT2D eigenvalue weighted by Crippen LogP contribution is -2.52. The number of carboxylic acids is 1. The van der Waals surface area contributed by atoms with E-state index in [9.17, 15) is 14.7 Å². The molecule has 0 aliphatic carbocycles. The number of rotatable bonds is 3. The van der Waals surface area contributed by atoms with Crippen LogP contribution < -0.4 is 0 Å². The molecule has 1 saturated heterocycles. The van der Waals surface area contributed by atoms with Crippen LogP contribution >= 0.6 is 0 Å². The van der Waals surface area contributed by atoms with Crippen molar-refractivity contribution in [3.8, 4) is 0 Å². The largest absolute Gasteiger partial charge is 0.479 e. The maximum absolute atomic E-state index is 12.9. The number of fused-ring (bicyclic) bond motifs is 1. The second-order valence-corrected chi connectivity index (χ2v) is 5.50. The van der Waals surface area contributed by atoms with E-state index in [0.717, 1.165) is 17.3 Å². The second-order valence-electron chi connectivity index (χ2n) is 5.50. The Kier molecular flexibility index (Phi) is 3.20. The molecule has 1 amide bonds. The van der Waals surface area contributed by atoms with Gasteiger partial charge in [-0.3, -0.25) is 4.79 Å². The molecule has 2 N–H and O–H groups in total. The Labute approximate surface area is 122 Å². The third-order valence-corrected chi connectivity index (χ3v) is 4.54. The number of amides is 1. The predicted molar refractivity (Wildman–Crippen MR) is 79.2 cm³/mol. The van der Waals surface area contributed by atoms with Gasteiger partial charge in [-0.2, -0.15) is 0 Å². The summed E-state index contributed by atoms with van der Waals surface area (Å²) >= 11 is 0. The lowest BCUT2D eigenvalue weighted by atomic mass is 9.92. The molecule has 1 aliphatic rings. The first-order valence-electron chi connectivity index (χ1n) is 7.21. The van der Waals surface area contributed by atoms with E-state index in [1.54, 1.807) is 12.3 Å². The third kappa shape index (κ3) is 1.92. The summed E-state index contributed by atoms with van der Waals surface area (Å²) in [6.45, 7) is 2.33. The van der Waals surface area contributed by atoms with Crippen LogP contribution in [0.3, 0.4) is 0 Å². The van der Waals surface area contributed by atoms with Crippen LogP contribution in [0.1, 0.15) is 36.5 Å². The fourth-order valence-corrected chi connectivity index (χ4v) is 3.33. The van der Waals surface area contributed by atoms with Crippen LogP contribution in [0.2, 0.25) is 0 Å². The quantitative estimate of drug-likeness (QED) is 0.911. The van der Waals surface area contributed by atoms with E-state index < -0.39 is 11.5 Å². The molecule has 3 rings (SSSR count). The summed E-state index contributed by atoms with van der Waals surface area (Å²) < 4.78 is 0. The molecule has 2 heterocycles. The molecule has 1 atom stereocenters. The van der Waals surface area contributed by atoms with Crippen molar-refractivity contribution in [1.29, 1.82) is 0 Å². The van der Waals surface area contributed by atoms with Crippen molar-refractivity contribution < 1.29 is 14.7 Å². The number of hydrogen-bond donors (Lipinski definition) is 2. The number of aliphatic carboxylic acids is 1. The molecule has 5 nitrogen and oxygen atoms in total. The molecule has 110 valence electrons. The maximum Gasteiger partial charge on any atom is 0.329 e. The number of benzene rings is 1. The first kappa shape index (κ1) is 13.7. The van der Waals surface area contributed by atoms with Crippen molar-refractivity contribution in [2.45, 2.75) is 31.7 Å². The lowest BCUT2D eigenvalue weighted by molar-refractivity contribution is -0.148. The highest BCUT2D eigenvalue weighted by Gasteiger charge is 2.48. The van der Waals surface area contributed by atoms with Crippen LogP contribution in [0.15, 0.2) is 30.5 Å². The Morgan fingerprint density at radius 3 is 2.90 bits per heavy atom. The smallest absolute Gasteiger partial charge is 0.329 e. The van der Waals surface area contributed by atoms with E-state index in [-0.39, 0.29) is 5.91 Å². The van der Waals surface area contributed by atoms with Gasteiger partial charge in [0.1, 0.15) is 5.54 Å². The van der Waals surface area contributed by atoms with Crippen LogP contribution in [-0.4, -0.2) is 39.0 Å². The van der Waals surface area contributed by atoms with Crippen molar-refractivity contribution in [2.24, 2.45) is 0 Å². The highest BCUT2D eigenvalue weighted by molar-refractivity contribution is 6.08. The Morgan fingerprint density at radius 1 is 1.38 bits per heavy atom. The average molecular weight is 286 g/mol. The van der Waals surface area contributed by atoms with E-state index >= 15 is 0 Å². The molecule has 0 saturated carbocycles. The van der Waals surface area contributed by atoms with Gasteiger partial charge in [0.15, 0.2) is 0 Å². The average Bonchev–Trinajstić information content (AvgIpc) is 3.12. The minimum absolute atomic E-state index is 0.193. The van der Waals surface area contributed by atoms with E-state index in [1.165, 1.54) is 4.90 Å².